The fourth-order valence-corrected chi connectivity index (χ4v) is 2.86. The van der Waals surface area contributed by atoms with Crippen LogP contribution < -0.4 is 11.1 Å². The van der Waals surface area contributed by atoms with Gasteiger partial charge in [-0.1, -0.05) is 19.1 Å². The zero-order valence-corrected chi connectivity index (χ0v) is 12.0. The number of nitrogens with zero attached hydrogens (tertiary/aromatic N) is 2. The van der Waals surface area contributed by atoms with E-state index >= 15 is 0 Å². The number of carbonyl (C=O) groups excluding carboxylic acids is 1. The maximum Gasteiger partial charge on any atom is 0.269 e. The Balaban J connectivity index is 2.31. The first-order chi connectivity index (χ1) is 10.0. The number of non-ortho nitro benzene ring substituents is 1. The molecule has 1 amide bonds. The molecule has 0 aliphatic carbocycles. The average Bonchev–Trinajstić information content (AvgIpc) is 2.48. The van der Waals surface area contributed by atoms with Gasteiger partial charge >= 0.3 is 0 Å². The van der Waals surface area contributed by atoms with Crippen LogP contribution in [0.25, 0.3) is 0 Å². The van der Waals surface area contributed by atoms with Crippen molar-refractivity contribution in [3.63, 3.8) is 0 Å². The molecule has 1 fully saturated rings. The van der Waals surface area contributed by atoms with Gasteiger partial charge in [0.1, 0.15) is 6.04 Å². The molecule has 7 heteroatoms. The van der Waals surface area contributed by atoms with Crippen molar-refractivity contribution in [3.05, 3.63) is 39.9 Å². The minimum absolute atomic E-state index is 0.0514. The highest BCUT2D eigenvalue weighted by atomic mass is 16.6. The van der Waals surface area contributed by atoms with Gasteiger partial charge in [-0.3, -0.25) is 19.8 Å². The number of nitro groups is 1. The molecule has 0 radical (unpaired) electrons. The first kappa shape index (κ1) is 15.4. The third-order valence-corrected chi connectivity index (χ3v) is 3.87. The van der Waals surface area contributed by atoms with E-state index in [1.807, 2.05) is 17.9 Å². The summed E-state index contributed by atoms with van der Waals surface area (Å²) < 4.78 is 0. The normalized spacial score (nSPS) is 20.9. The summed E-state index contributed by atoms with van der Waals surface area (Å²) in [5.74, 6) is -0.369. The van der Waals surface area contributed by atoms with Crippen LogP contribution in [0.5, 0.6) is 0 Å². The minimum Gasteiger partial charge on any atom is -0.368 e. The van der Waals surface area contributed by atoms with Crippen molar-refractivity contribution in [2.45, 2.75) is 25.4 Å². The van der Waals surface area contributed by atoms with Crippen LogP contribution in [0.4, 0.5) is 5.69 Å². The van der Waals surface area contributed by atoms with E-state index < -0.39 is 4.92 Å². The number of primary amides is 1. The standard InChI is InChI=1S/C14H20N4O3/c1-2-12(10-4-3-5-11(8-10)18(20)21)17-7-6-16-9-13(17)14(15)19/h3-5,8,12-13,16H,2,6-7,9H2,1H3,(H2,15,19). The molecule has 2 unspecified atom stereocenters. The van der Waals surface area contributed by atoms with Crippen molar-refractivity contribution in [1.82, 2.24) is 10.2 Å². The van der Waals surface area contributed by atoms with Gasteiger partial charge in [-0.05, 0) is 12.0 Å². The Kier molecular flexibility index (Phi) is 4.87. The number of rotatable bonds is 5. The number of nitro benzene ring substituents is 1. The van der Waals surface area contributed by atoms with E-state index in [1.54, 1.807) is 12.1 Å². The smallest absolute Gasteiger partial charge is 0.269 e. The Morgan fingerprint density at radius 1 is 1.62 bits per heavy atom. The number of hydrogen-bond acceptors (Lipinski definition) is 5. The van der Waals surface area contributed by atoms with E-state index in [2.05, 4.69) is 5.32 Å². The predicted octanol–water partition coefficient (Wildman–Crippen LogP) is 0.805. The minimum atomic E-state index is -0.403. The molecule has 0 bridgehead atoms. The Labute approximate surface area is 123 Å². The zero-order valence-electron chi connectivity index (χ0n) is 12.0. The van der Waals surface area contributed by atoms with E-state index in [1.165, 1.54) is 6.07 Å². The SMILES string of the molecule is CCC(c1cccc([N+](=O)[O-])c1)N1CCNCC1C(N)=O. The number of nitrogens with two attached hydrogens (primary N) is 1. The lowest BCUT2D eigenvalue weighted by Crippen LogP contribution is -2.57. The summed E-state index contributed by atoms with van der Waals surface area (Å²) >= 11 is 0. The summed E-state index contributed by atoms with van der Waals surface area (Å²) in [6, 6.07) is 6.15. The molecule has 2 atom stereocenters. The summed E-state index contributed by atoms with van der Waals surface area (Å²) in [6.07, 6.45) is 0.755. The van der Waals surface area contributed by atoms with Crippen molar-refractivity contribution in [2.24, 2.45) is 5.73 Å². The Bertz CT molecular complexity index is 535. The lowest BCUT2D eigenvalue weighted by atomic mass is 9.98. The predicted molar refractivity (Wildman–Crippen MR) is 78.7 cm³/mol. The van der Waals surface area contributed by atoms with Crippen molar-refractivity contribution in [1.29, 1.82) is 0 Å². The highest BCUT2D eigenvalue weighted by Crippen LogP contribution is 2.29. The number of hydrogen-bond donors (Lipinski definition) is 2. The quantitative estimate of drug-likeness (QED) is 0.617. The summed E-state index contributed by atoms with van der Waals surface area (Å²) in [5.41, 5.74) is 6.39. The van der Waals surface area contributed by atoms with Gasteiger partial charge in [0, 0.05) is 37.8 Å². The van der Waals surface area contributed by atoms with Gasteiger partial charge in [0.25, 0.3) is 5.69 Å². The van der Waals surface area contributed by atoms with E-state index in [0.717, 1.165) is 18.5 Å². The number of benzene rings is 1. The van der Waals surface area contributed by atoms with Crippen LogP contribution in [0, 0.1) is 10.1 Å². The van der Waals surface area contributed by atoms with Gasteiger partial charge < -0.3 is 11.1 Å². The summed E-state index contributed by atoms with van der Waals surface area (Å²) in [5, 5.41) is 14.1. The topological polar surface area (TPSA) is 102 Å². The Hall–Kier alpha value is -1.99. The zero-order chi connectivity index (χ0) is 15.4. The lowest BCUT2D eigenvalue weighted by Gasteiger charge is -2.39. The molecule has 1 saturated heterocycles. The molecule has 1 aliphatic rings. The summed E-state index contributed by atoms with van der Waals surface area (Å²) in [7, 11) is 0. The van der Waals surface area contributed by atoms with Crippen LogP contribution in [0.2, 0.25) is 0 Å². The third kappa shape index (κ3) is 3.37. The van der Waals surface area contributed by atoms with Crippen LogP contribution in [-0.2, 0) is 4.79 Å². The third-order valence-electron chi connectivity index (χ3n) is 3.87. The molecular weight excluding hydrogens is 272 g/mol. The first-order valence-corrected chi connectivity index (χ1v) is 7.04. The summed E-state index contributed by atoms with van der Waals surface area (Å²) in [6.45, 7) is 3.98. The van der Waals surface area contributed by atoms with Crippen molar-refractivity contribution >= 4 is 11.6 Å². The summed E-state index contributed by atoms with van der Waals surface area (Å²) in [4.78, 5) is 24.2. The van der Waals surface area contributed by atoms with Crippen LogP contribution in [0.1, 0.15) is 24.9 Å². The Morgan fingerprint density at radius 2 is 2.38 bits per heavy atom. The second-order valence-corrected chi connectivity index (χ2v) is 5.14. The van der Waals surface area contributed by atoms with Crippen LogP contribution in [0.15, 0.2) is 24.3 Å². The number of carbonyl (C=O) groups is 1. The van der Waals surface area contributed by atoms with E-state index in [9.17, 15) is 14.9 Å². The molecule has 1 aromatic carbocycles. The Morgan fingerprint density at radius 3 is 3.00 bits per heavy atom. The van der Waals surface area contributed by atoms with E-state index in [-0.39, 0.29) is 23.7 Å². The molecular formula is C14H20N4O3. The molecule has 7 nitrogen and oxygen atoms in total. The molecule has 1 aliphatic heterocycles. The molecule has 3 N–H and O–H groups in total. The lowest BCUT2D eigenvalue weighted by molar-refractivity contribution is -0.385. The monoisotopic (exact) mass is 292 g/mol. The van der Waals surface area contributed by atoms with Gasteiger partial charge in [0.15, 0.2) is 0 Å². The van der Waals surface area contributed by atoms with Crippen molar-refractivity contribution < 1.29 is 9.72 Å². The van der Waals surface area contributed by atoms with Crippen LogP contribution in [0.3, 0.4) is 0 Å². The van der Waals surface area contributed by atoms with Crippen molar-refractivity contribution in [3.8, 4) is 0 Å². The molecule has 0 aromatic heterocycles. The fourth-order valence-electron chi connectivity index (χ4n) is 2.86. The largest absolute Gasteiger partial charge is 0.368 e. The molecule has 1 heterocycles. The maximum absolute atomic E-state index is 11.6. The van der Waals surface area contributed by atoms with Gasteiger partial charge in [-0.25, -0.2) is 0 Å². The van der Waals surface area contributed by atoms with E-state index in [0.29, 0.717) is 13.1 Å². The van der Waals surface area contributed by atoms with Crippen LogP contribution >= 0.6 is 0 Å². The van der Waals surface area contributed by atoms with Crippen LogP contribution in [-0.4, -0.2) is 41.4 Å². The highest BCUT2D eigenvalue weighted by molar-refractivity contribution is 5.80. The van der Waals surface area contributed by atoms with Gasteiger partial charge in [0.2, 0.25) is 5.91 Å². The number of piperazine rings is 1. The first-order valence-electron chi connectivity index (χ1n) is 7.04. The molecule has 2 rings (SSSR count). The van der Waals surface area contributed by atoms with Gasteiger partial charge in [-0.15, -0.1) is 0 Å². The van der Waals surface area contributed by atoms with Crippen molar-refractivity contribution in [2.75, 3.05) is 19.6 Å². The molecule has 0 spiro atoms. The van der Waals surface area contributed by atoms with Gasteiger partial charge in [-0.2, -0.15) is 0 Å². The maximum atomic E-state index is 11.6. The molecule has 1 aromatic rings. The molecule has 114 valence electrons. The fraction of sp³-hybridized carbons (Fsp3) is 0.500. The average molecular weight is 292 g/mol. The highest BCUT2D eigenvalue weighted by Gasteiger charge is 2.32. The second kappa shape index (κ2) is 6.64. The molecule has 21 heavy (non-hydrogen) atoms. The molecule has 0 saturated carbocycles. The second-order valence-electron chi connectivity index (χ2n) is 5.14. The number of nitrogens with one attached hydrogen (secondary N) is 1. The van der Waals surface area contributed by atoms with Gasteiger partial charge in [0.05, 0.1) is 4.92 Å². The number of amides is 1. The van der Waals surface area contributed by atoms with E-state index in [4.69, 9.17) is 5.73 Å².